The molecule has 0 saturated carbocycles. The van der Waals surface area contributed by atoms with Gasteiger partial charge in [0.05, 0.1) is 4.90 Å². The first-order chi connectivity index (χ1) is 12.3. The second-order valence-corrected chi connectivity index (χ2v) is 8.67. The van der Waals surface area contributed by atoms with E-state index in [9.17, 15) is 13.2 Å². The molecule has 7 nitrogen and oxygen atoms in total. The number of amides is 1. The van der Waals surface area contributed by atoms with Gasteiger partial charge in [-0.1, -0.05) is 17.3 Å². The third-order valence-corrected chi connectivity index (χ3v) is 6.71. The van der Waals surface area contributed by atoms with E-state index in [1.165, 1.54) is 4.31 Å². The van der Waals surface area contributed by atoms with Gasteiger partial charge in [0.1, 0.15) is 5.76 Å². The molecule has 3 rings (SSSR count). The Morgan fingerprint density at radius 1 is 1.19 bits per heavy atom. The van der Waals surface area contributed by atoms with Crippen molar-refractivity contribution in [2.24, 2.45) is 5.92 Å². The summed E-state index contributed by atoms with van der Waals surface area (Å²) in [5, 5.41) is 6.47. The van der Waals surface area contributed by atoms with E-state index in [1.54, 1.807) is 26.0 Å². The number of benzene rings is 1. The van der Waals surface area contributed by atoms with Gasteiger partial charge in [0.25, 0.3) is 0 Å². The molecule has 1 aliphatic rings. The van der Waals surface area contributed by atoms with E-state index in [2.05, 4.69) is 10.5 Å². The Hall–Kier alpha value is -2.19. The van der Waals surface area contributed by atoms with E-state index in [-0.39, 0.29) is 11.8 Å². The van der Waals surface area contributed by atoms with Gasteiger partial charge in [-0.15, -0.1) is 0 Å². The summed E-state index contributed by atoms with van der Waals surface area (Å²) in [4.78, 5) is 12.7. The summed E-state index contributed by atoms with van der Waals surface area (Å²) in [6, 6.07) is 7.08. The molecule has 1 aliphatic heterocycles. The molecule has 140 valence electrons. The third kappa shape index (κ3) is 3.81. The number of rotatable bonds is 4. The summed E-state index contributed by atoms with van der Waals surface area (Å²) in [5.41, 5.74) is 1.64. The molecule has 0 unspecified atom stereocenters. The molecule has 1 fully saturated rings. The fourth-order valence-corrected chi connectivity index (χ4v) is 4.92. The number of nitrogens with zero attached hydrogens (tertiary/aromatic N) is 2. The van der Waals surface area contributed by atoms with Gasteiger partial charge in [-0.3, -0.25) is 4.79 Å². The van der Waals surface area contributed by atoms with E-state index in [4.69, 9.17) is 4.52 Å². The summed E-state index contributed by atoms with van der Waals surface area (Å²) in [7, 11) is -3.55. The molecule has 0 radical (unpaired) electrons. The Kier molecular flexibility index (Phi) is 5.15. The van der Waals surface area contributed by atoms with Crippen LogP contribution in [0.5, 0.6) is 0 Å². The molecule has 0 aliphatic carbocycles. The van der Waals surface area contributed by atoms with Crippen LogP contribution in [-0.4, -0.2) is 36.9 Å². The number of aromatic nitrogens is 1. The van der Waals surface area contributed by atoms with Crippen molar-refractivity contribution >= 4 is 21.7 Å². The van der Waals surface area contributed by atoms with Gasteiger partial charge in [0.15, 0.2) is 5.82 Å². The zero-order valence-corrected chi connectivity index (χ0v) is 16.0. The van der Waals surface area contributed by atoms with Crippen molar-refractivity contribution in [3.63, 3.8) is 0 Å². The highest BCUT2D eigenvalue weighted by Gasteiger charge is 2.33. The molecular weight excluding hydrogens is 354 g/mol. The Bertz CT molecular complexity index is 912. The van der Waals surface area contributed by atoms with E-state index < -0.39 is 10.0 Å². The van der Waals surface area contributed by atoms with Gasteiger partial charge in [-0.2, -0.15) is 4.31 Å². The van der Waals surface area contributed by atoms with Crippen LogP contribution in [0.3, 0.4) is 0 Å². The van der Waals surface area contributed by atoms with Crippen molar-refractivity contribution in [1.29, 1.82) is 0 Å². The number of anilines is 1. The molecule has 8 heteroatoms. The molecule has 1 aromatic carbocycles. The standard InChI is InChI=1S/C18H23N3O4S/c1-12-4-5-13(2)16(10-12)26(23,24)21-8-6-15(7-9-21)18(22)19-17-11-14(3)25-20-17/h4-5,10-11,15H,6-9H2,1-3H3,(H,19,20,22). The van der Waals surface area contributed by atoms with Gasteiger partial charge in [-0.25, -0.2) is 8.42 Å². The van der Waals surface area contributed by atoms with Gasteiger partial charge in [0.2, 0.25) is 15.9 Å². The van der Waals surface area contributed by atoms with Gasteiger partial charge < -0.3 is 9.84 Å². The summed E-state index contributed by atoms with van der Waals surface area (Å²) >= 11 is 0. The summed E-state index contributed by atoms with van der Waals surface area (Å²) in [6.07, 6.45) is 0.958. The van der Waals surface area contributed by atoms with Crippen molar-refractivity contribution in [3.8, 4) is 0 Å². The van der Waals surface area contributed by atoms with Gasteiger partial charge in [-0.05, 0) is 50.8 Å². The van der Waals surface area contributed by atoms with E-state index >= 15 is 0 Å². The van der Waals surface area contributed by atoms with E-state index in [0.717, 1.165) is 11.1 Å². The fraction of sp³-hybridized carbons (Fsp3) is 0.444. The maximum absolute atomic E-state index is 12.9. The lowest BCUT2D eigenvalue weighted by Crippen LogP contribution is -2.41. The first kappa shape index (κ1) is 18.6. The second-order valence-electron chi connectivity index (χ2n) is 6.76. The normalized spacial score (nSPS) is 16.6. The molecule has 1 saturated heterocycles. The molecule has 1 amide bonds. The topological polar surface area (TPSA) is 92.5 Å². The maximum atomic E-state index is 12.9. The number of hydrogen-bond donors (Lipinski definition) is 1. The number of nitrogens with one attached hydrogen (secondary N) is 1. The Morgan fingerprint density at radius 2 is 1.88 bits per heavy atom. The first-order valence-corrected chi connectivity index (χ1v) is 10.0. The van der Waals surface area contributed by atoms with Crippen LogP contribution in [0.1, 0.15) is 29.7 Å². The van der Waals surface area contributed by atoms with Gasteiger partial charge >= 0.3 is 0 Å². The monoisotopic (exact) mass is 377 g/mol. The summed E-state index contributed by atoms with van der Waals surface area (Å²) < 4.78 is 32.3. The highest BCUT2D eigenvalue weighted by molar-refractivity contribution is 7.89. The minimum absolute atomic E-state index is 0.151. The number of carbonyl (C=O) groups excluding carboxylic acids is 1. The van der Waals surface area contributed by atoms with Crippen LogP contribution < -0.4 is 5.32 Å². The molecule has 1 aromatic heterocycles. The number of carbonyl (C=O) groups is 1. The lowest BCUT2D eigenvalue weighted by Gasteiger charge is -2.30. The fourth-order valence-electron chi connectivity index (χ4n) is 3.14. The zero-order chi connectivity index (χ0) is 18.9. The Morgan fingerprint density at radius 3 is 2.50 bits per heavy atom. The Labute approximate surface area is 153 Å². The predicted octanol–water partition coefficient (Wildman–Crippen LogP) is 2.64. The van der Waals surface area contributed by atoms with Crippen molar-refractivity contribution < 1.29 is 17.7 Å². The highest BCUT2D eigenvalue weighted by atomic mass is 32.2. The van der Waals surface area contributed by atoms with Crippen molar-refractivity contribution in [2.45, 2.75) is 38.5 Å². The van der Waals surface area contributed by atoms with Crippen LogP contribution in [0.25, 0.3) is 0 Å². The van der Waals surface area contributed by atoms with Crippen LogP contribution in [0.4, 0.5) is 5.82 Å². The van der Waals surface area contributed by atoms with Crippen LogP contribution in [0.15, 0.2) is 33.7 Å². The van der Waals surface area contributed by atoms with Crippen LogP contribution >= 0.6 is 0 Å². The predicted molar refractivity (Wildman–Crippen MR) is 97.3 cm³/mol. The highest BCUT2D eigenvalue weighted by Crippen LogP contribution is 2.27. The number of piperidine rings is 1. The third-order valence-electron chi connectivity index (χ3n) is 4.67. The van der Waals surface area contributed by atoms with Crippen LogP contribution in [0, 0.1) is 26.7 Å². The van der Waals surface area contributed by atoms with Crippen molar-refractivity contribution in [3.05, 3.63) is 41.2 Å². The molecule has 0 atom stereocenters. The molecular formula is C18H23N3O4S. The molecule has 26 heavy (non-hydrogen) atoms. The number of aryl methyl sites for hydroxylation is 3. The van der Waals surface area contributed by atoms with Crippen molar-refractivity contribution in [2.75, 3.05) is 18.4 Å². The zero-order valence-electron chi connectivity index (χ0n) is 15.2. The number of hydrogen-bond acceptors (Lipinski definition) is 5. The second kappa shape index (κ2) is 7.20. The van der Waals surface area contributed by atoms with E-state index in [0.29, 0.717) is 42.4 Å². The quantitative estimate of drug-likeness (QED) is 0.884. The average Bonchev–Trinajstić information content (AvgIpc) is 3.02. The van der Waals surface area contributed by atoms with Crippen molar-refractivity contribution in [1.82, 2.24) is 9.46 Å². The first-order valence-electron chi connectivity index (χ1n) is 8.59. The lowest BCUT2D eigenvalue weighted by atomic mass is 9.97. The van der Waals surface area contributed by atoms with Crippen LogP contribution in [-0.2, 0) is 14.8 Å². The molecule has 2 aromatic rings. The molecule has 0 bridgehead atoms. The largest absolute Gasteiger partial charge is 0.360 e. The molecule has 1 N–H and O–H groups in total. The minimum Gasteiger partial charge on any atom is -0.360 e. The van der Waals surface area contributed by atoms with Gasteiger partial charge in [0, 0.05) is 25.1 Å². The summed E-state index contributed by atoms with van der Waals surface area (Å²) in [6.45, 7) is 6.07. The smallest absolute Gasteiger partial charge is 0.243 e. The van der Waals surface area contributed by atoms with E-state index in [1.807, 2.05) is 19.1 Å². The van der Waals surface area contributed by atoms with Crippen LogP contribution in [0.2, 0.25) is 0 Å². The number of sulfonamides is 1. The average molecular weight is 377 g/mol. The molecule has 0 spiro atoms. The maximum Gasteiger partial charge on any atom is 0.243 e. The SMILES string of the molecule is Cc1ccc(C)c(S(=O)(=O)N2CCC(C(=O)Nc3cc(C)on3)CC2)c1. The summed E-state index contributed by atoms with van der Waals surface area (Å²) in [5.74, 6) is 0.617. The Balaban J connectivity index is 1.66. The minimum atomic E-state index is -3.55. The lowest BCUT2D eigenvalue weighted by molar-refractivity contribution is -0.120. The molecule has 2 heterocycles.